The van der Waals surface area contributed by atoms with Crippen LogP contribution in [0.4, 0.5) is 5.69 Å². The van der Waals surface area contributed by atoms with E-state index in [4.69, 9.17) is 0 Å². The van der Waals surface area contributed by atoms with E-state index in [1.54, 1.807) is 42.1 Å². The largest absolute Gasteiger partial charge is 0.264 e. The van der Waals surface area contributed by atoms with Gasteiger partial charge in [0.25, 0.3) is 10.0 Å². The van der Waals surface area contributed by atoms with E-state index >= 15 is 0 Å². The summed E-state index contributed by atoms with van der Waals surface area (Å²) in [6.07, 6.45) is 3.55. The van der Waals surface area contributed by atoms with Crippen molar-refractivity contribution in [3.05, 3.63) is 64.8 Å². The van der Waals surface area contributed by atoms with Gasteiger partial charge < -0.3 is 0 Å². The molecule has 0 saturated heterocycles. The van der Waals surface area contributed by atoms with Gasteiger partial charge in [-0.15, -0.1) is 18.3 Å². The highest BCUT2D eigenvalue weighted by Crippen LogP contribution is 2.26. The quantitative estimate of drug-likeness (QED) is 0.376. The van der Waals surface area contributed by atoms with Crippen LogP contribution in [-0.2, 0) is 10.0 Å². The molecule has 22 heavy (non-hydrogen) atoms. The van der Waals surface area contributed by atoms with Crippen LogP contribution < -0.4 is 4.31 Å². The molecule has 0 aliphatic carbocycles. The molecule has 0 fully saturated rings. The van der Waals surface area contributed by atoms with E-state index in [9.17, 15) is 8.42 Å². The molecule has 0 amide bonds. The molecule has 116 valence electrons. The van der Waals surface area contributed by atoms with Gasteiger partial charge in [0, 0.05) is 8.47 Å². The zero-order chi connectivity index (χ0) is 16.2. The van der Waals surface area contributed by atoms with Gasteiger partial charge in [-0.3, -0.25) is 4.31 Å². The fourth-order valence-corrected chi connectivity index (χ4v) is 4.15. The van der Waals surface area contributed by atoms with Crippen molar-refractivity contribution in [1.29, 1.82) is 0 Å². The second kappa shape index (κ2) is 7.52. The SMILES string of the molecule is C=CCN(c1ccc(I)cc1)S(=O)(=O)c1ccc(SC)cc1. The highest BCUT2D eigenvalue weighted by atomic mass is 127. The molecule has 0 atom stereocenters. The van der Waals surface area contributed by atoms with Gasteiger partial charge in [0.2, 0.25) is 0 Å². The summed E-state index contributed by atoms with van der Waals surface area (Å²) in [6, 6.07) is 14.3. The van der Waals surface area contributed by atoms with E-state index < -0.39 is 10.0 Å². The lowest BCUT2D eigenvalue weighted by Crippen LogP contribution is -2.31. The zero-order valence-corrected chi connectivity index (χ0v) is 15.9. The van der Waals surface area contributed by atoms with Crippen molar-refractivity contribution in [2.75, 3.05) is 17.1 Å². The van der Waals surface area contributed by atoms with Crippen molar-refractivity contribution >= 4 is 50.1 Å². The van der Waals surface area contributed by atoms with Crippen LogP contribution in [0.3, 0.4) is 0 Å². The van der Waals surface area contributed by atoms with E-state index in [2.05, 4.69) is 29.2 Å². The third kappa shape index (κ3) is 3.85. The lowest BCUT2D eigenvalue weighted by molar-refractivity contribution is 0.593. The monoisotopic (exact) mass is 445 g/mol. The number of benzene rings is 2. The van der Waals surface area contributed by atoms with Crippen molar-refractivity contribution in [2.45, 2.75) is 9.79 Å². The number of sulfonamides is 1. The van der Waals surface area contributed by atoms with Crippen LogP contribution in [0.1, 0.15) is 0 Å². The van der Waals surface area contributed by atoms with E-state index in [0.29, 0.717) is 5.69 Å². The Morgan fingerprint density at radius 2 is 1.73 bits per heavy atom. The van der Waals surface area contributed by atoms with E-state index in [0.717, 1.165) is 8.47 Å². The topological polar surface area (TPSA) is 37.4 Å². The first kappa shape index (κ1) is 17.4. The van der Waals surface area contributed by atoms with Crippen molar-refractivity contribution in [2.24, 2.45) is 0 Å². The third-order valence-corrected chi connectivity index (χ3v) is 6.33. The Labute approximate surface area is 149 Å². The van der Waals surface area contributed by atoms with Gasteiger partial charge in [-0.25, -0.2) is 8.42 Å². The number of anilines is 1. The lowest BCUT2D eigenvalue weighted by Gasteiger charge is -2.23. The standard InChI is InChI=1S/C16H16INO2S2/c1-3-12-18(14-6-4-13(17)5-7-14)22(19,20)16-10-8-15(21-2)9-11-16/h3-11H,1,12H2,2H3. The van der Waals surface area contributed by atoms with Crippen LogP contribution in [0.25, 0.3) is 0 Å². The molecule has 2 aromatic carbocycles. The summed E-state index contributed by atoms with van der Waals surface area (Å²) >= 11 is 3.77. The summed E-state index contributed by atoms with van der Waals surface area (Å²) in [7, 11) is -3.60. The molecular weight excluding hydrogens is 429 g/mol. The average molecular weight is 445 g/mol. The highest BCUT2D eigenvalue weighted by molar-refractivity contribution is 14.1. The molecule has 0 unspecified atom stereocenters. The molecule has 0 saturated carbocycles. The minimum atomic E-state index is -3.60. The first-order valence-corrected chi connectivity index (χ1v) is 10.3. The number of halogens is 1. The molecule has 6 heteroatoms. The van der Waals surface area contributed by atoms with Crippen molar-refractivity contribution in [1.82, 2.24) is 0 Å². The molecular formula is C16H16INO2S2. The van der Waals surface area contributed by atoms with Gasteiger partial charge >= 0.3 is 0 Å². The van der Waals surface area contributed by atoms with Crippen LogP contribution in [-0.4, -0.2) is 21.2 Å². The second-order valence-corrected chi connectivity index (χ2v) is 8.46. The molecule has 0 aromatic heterocycles. The molecule has 2 rings (SSSR count). The summed E-state index contributed by atoms with van der Waals surface area (Å²) in [5.41, 5.74) is 0.634. The van der Waals surface area contributed by atoms with Crippen LogP contribution in [0, 0.1) is 3.57 Å². The van der Waals surface area contributed by atoms with Gasteiger partial charge in [0.1, 0.15) is 0 Å². The lowest BCUT2D eigenvalue weighted by atomic mass is 10.3. The van der Waals surface area contributed by atoms with Gasteiger partial charge in [0.15, 0.2) is 0 Å². The maximum Gasteiger partial charge on any atom is 0.264 e. The number of hydrogen-bond acceptors (Lipinski definition) is 3. The summed E-state index contributed by atoms with van der Waals surface area (Å²) < 4.78 is 28.2. The van der Waals surface area contributed by atoms with Crippen LogP contribution in [0.15, 0.2) is 71.0 Å². The Kier molecular flexibility index (Phi) is 5.94. The molecule has 0 heterocycles. The van der Waals surface area contributed by atoms with E-state index in [1.165, 1.54) is 4.31 Å². The van der Waals surface area contributed by atoms with Gasteiger partial charge in [-0.1, -0.05) is 6.08 Å². The van der Waals surface area contributed by atoms with Crippen LogP contribution >= 0.6 is 34.4 Å². The predicted molar refractivity (Wildman–Crippen MR) is 102 cm³/mol. The van der Waals surface area contributed by atoms with E-state index in [1.807, 2.05) is 30.5 Å². The number of rotatable bonds is 6. The Bertz CT molecular complexity index is 741. The molecule has 0 bridgehead atoms. The van der Waals surface area contributed by atoms with Crippen LogP contribution in [0.2, 0.25) is 0 Å². The fraction of sp³-hybridized carbons (Fsp3) is 0.125. The van der Waals surface area contributed by atoms with Crippen molar-refractivity contribution in [3.63, 3.8) is 0 Å². The third-order valence-electron chi connectivity index (χ3n) is 3.06. The predicted octanol–water partition coefficient (Wildman–Crippen LogP) is 4.39. The summed E-state index contributed by atoms with van der Waals surface area (Å²) in [6.45, 7) is 3.90. The minimum Gasteiger partial charge on any atom is -0.263 e. The smallest absolute Gasteiger partial charge is 0.263 e. The molecule has 0 aliphatic rings. The Morgan fingerprint density at radius 1 is 1.14 bits per heavy atom. The molecule has 0 radical (unpaired) electrons. The zero-order valence-electron chi connectivity index (χ0n) is 12.1. The molecule has 0 spiro atoms. The second-order valence-electron chi connectivity index (χ2n) is 4.48. The molecule has 0 N–H and O–H groups in total. The highest BCUT2D eigenvalue weighted by Gasteiger charge is 2.23. The van der Waals surface area contributed by atoms with Gasteiger partial charge in [-0.05, 0) is 77.4 Å². The summed E-state index contributed by atoms with van der Waals surface area (Å²) in [5.74, 6) is 0. The number of thioether (sulfide) groups is 1. The van der Waals surface area contributed by atoms with Crippen LogP contribution in [0.5, 0.6) is 0 Å². The molecule has 3 nitrogen and oxygen atoms in total. The maximum absolute atomic E-state index is 12.9. The Balaban J connectivity index is 2.44. The van der Waals surface area contributed by atoms with Gasteiger partial charge in [-0.2, -0.15) is 0 Å². The average Bonchev–Trinajstić information content (AvgIpc) is 2.53. The molecule has 2 aromatic rings. The Morgan fingerprint density at radius 3 is 2.23 bits per heavy atom. The first-order valence-electron chi connectivity index (χ1n) is 6.52. The maximum atomic E-state index is 12.9. The number of nitrogens with zero attached hydrogens (tertiary/aromatic N) is 1. The normalized spacial score (nSPS) is 11.2. The summed E-state index contributed by atoms with van der Waals surface area (Å²) in [5, 5.41) is 0. The van der Waals surface area contributed by atoms with E-state index in [-0.39, 0.29) is 11.4 Å². The minimum absolute atomic E-state index is 0.229. The first-order chi connectivity index (χ1) is 10.5. The number of hydrogen-bond donors (Lipinski definition) is 0. The fourth-order valence-electron chi connectivity index (χ4n) is 1.94. The van der Waals surface area contributed by atoms with Gasteiger partial charge in [0.05, 0.1) is 17.1 Å². The summed E-state index contributed by atoms with van der Waals surface area (Å²) in [4.78, 5) is 1.31. The van der Waals surface area contributed by atoms with Crippen molar-refractivity contribution < 1.29 is 8.42 Å². The Hall–Kier alpha value is -0.990. The molecule has 0 aliphatic heterocycles. The van der Waals surface area contributed by atoms with Crippen molar-refractivity contribution in [3.8, 4) is 0 Å².